The molecule has 26 heavy (non-hydrogen) atoms. The van der Waals surface area contributed by atoms with Crippen LogP contribution in [0.4, 0.5) is 5.69 Å². The van der Waals surface area contributed by atoms with Crippen LogP contribution < -0.4 is 20.3 Å². The number of aromatic nitrogens is 2. The zero-order valence-corrected chi connectivity index (χ0v) is 14.8. The lowest BCUT2D eigenvalue weighted by molar-refractivity contribution is -0.117. The smallest absolute Gasteiger partial charge is 0.275 e. The van der Waals surface area contributed by atoms with Gasteiger partial charge in [0.25, 0.3) is 5.56 Å². The average Bonchev–Trinajstić information content (AvgIpc) is 2.66. The molecule has 2 aromatic carbocycles. The van der Waals surface area contributed by atoms with Gasteiger partial charge in [-0.05, 0) is 25.1 Å². The Balaban J connectivity index is 1.86. The Morgan fingerprint density at radius 3 is 2.54 bits per heavy atom. The Labute approximate surface area is 150 Å². The number of rotatable bonds is 5. The summed E-state index contributed by atoms with van der Waals surface area (Å²) >= 11 is 0. The molecule has 0 spiro atoms. The van der Waals surface area contributed by atoms with Crippen LogP contribution in [0.25, 0.3) is 10.8 Å². The first-order valence-electron chi connectivity index (χ1n) is 8.02. The van der Waals surface area contributed by atoms with Crippen molar-refractivity contribution in [1.29, 1.82) is 0 Å². The van der Waals surface area contributed by atoms with Gasteiger partial charge in [-0.3, -0.25) is 9.59 Å². The van der Waals surface area contributed by atoms with Gasteiger partial charge in [0.2, 0.25) is 5.91 Å². The lowest BCUT2D eigenvalue weighted by Gasteiger charge is -2.12. The topological polar surface area (TPSA) is 82.5 Å². The van der Waals surface area contributed by atoms with Crippen molar-refractivity contribution in [2.24, 2.45) is 0 Å². The Bertz CT molecular complexity index is 1030. The van der Waals surface area contributed by atoms with Crippen molar-refractivity contribution in [3.8, 4) is 11.5 Å². The molecule has 0 radical (unpaired) electrons. The number of ether oxygens (including phenoxy) is 2. The van der Waals surface area contributed by atoms with E-state index in [4.69, 9.17) is 9.47 Å². The zero-order valence-electron chi connectivity index (χ0n) is 14.8. The number of carbonyl (C=O) groups excluding carboxylic acids is 1. The SMILES string of the molecule is COc1ccc(NC(=O)Cn2nc(C)c3ccccc3c2=O)c(OC)c1. The normalized spacial score (nSPS) is 10.6. The Kier molecular flexibility index (Phi) is 4.88. The van der Waals surface area contributed by atoms with Crippen LogP contribution in [-0.4, -0.2) is 29.9 Å². The Morgan fingerprint density at radius 1 is 1.12 bits per heavy atom. The van der Waals surface area contributed by atoms with Crippen molar-refractivity contribution >= 4 is 22.4 Å². The van der Waals surface area contributed by atoms with E-state index in [2.05, 4.69) is 10.4 Å². The first-order valence-corrected chi connectivity index (χ1v) is 8.02. The summed E-state index contributed by atoms with van der Waals surface area (Å²) < 4.78 is 11.6. The Morgan fingerprint density at radius 2 is 1.85 bits per heavy atom. The molecule has 0 unspecified atom stereocenters. The lowest BCUT2D eigenvalue weighted by atomic mass is 10.1. The van der Waals surface area contributed by atoms with Crippen LogP contribution in [0.1, 0.15) is 5.69 Å². The molecule has 0 saturated carbocycles. The molecule has 1 aromatic heterocycles. The molecule has 0 fully saturated rings. The minimum atomic E-state index is -0.377. The molecule has 0 atom stereocenters. The predicted octanol–water partition coefficient (Wildman–Crippen LogP) is 2.36. The molecule has 134 valence electrons. The number of hydrogen-bond donors (Lipinski definition) is 1. The van der Waals surface area contributed by atoms with Gasteiger partial charge in [0, 0.05) is 11.5 Å². The highest BCUT2D eigenvalue weighted by Crippen LogP contribution is 2.28. The molecule has 0 aliphatic heterocycles. The average molecular weight is 353 g/mol. The first kappa shape index (κ1) is 17.5. The number of carbonyl (C=O) groups is 1. The predicted molar refractivity (Wildman–Crippen MR) is 98.9 cm³/mol. The standard InChI is InChI=1S/C19H19N3O4/c1-12-14-6-4-5-7-15(14)19(24)22(21-12)11-18(23)20-16-9-8-13(25-2)10-17(16)26-3/h4-10H,11H2,1-3H3,(H,20,23). The molecule has 0 bridgehead atoms. The van der Waals surface area contributed by atoms with E-state index in [9.17, 15) is 9.59 Å². The molecule has 0 saturated heterocycles. The molecule has 1 N–H and O–H groups in total. The number of nitrogens with one attached hydrogen (secondary N) is 1. The van der Waals surface area contributed by atoms with E-state index in [0.717, 1.165) is 5.39 Å². The highest BCUT2D eigenvalue weighted by molar-refractivity contribution is 5.92. The van der Waals surface area contributed by atoms with E-state index in [1.807, 2.05) is 19.1 Å². The number of hydrogen-bond acceptors (Lipinski definition) is 5. The molecule has 1 amide bonds. The van der Waals surface area contributed by atoms with Gasteiger partial charge < -0.3 is 14.8 Å². The molecule has 0 aliphatic rings. The third-order valence-corrected chi connectivity index (χ3v) is 4.03. The summed E-state index contributed by atoms with van der Waals surface area (Å²) in [6, 6.07) is 12.3. The van der Waals surface area contributed by atoms with Crippen molar-refractivity contribution in [2.45, 2.75) is 13.5 Å². The van der Waals surface area contributed by atoms with Crippen molar-refractivity contribution in [1.82, 2.24) is 9.78 Å². The summed E-state index contributed by atoms with van der Waals surface area (Å²) in [4.78, 5) is 25.0. The lowest BCUT2D eigenvalue weighted by Crippen LogP contribution is -2.30. The number of fused-ring (bicyclic) bond motifs is 1. The van der Waals surface area contributed by atoms with E-state index < -0.39 is 0 Å². The second-order valence-electron chi connectivity index (χ2n) is 5.71. The largest absolute Gasteiger partial charge is 0.497 e. The van der Waals surface area contributed by atoms with E-state index >= 15 is 0 Å². The van der Waals surface area contributed by atoms with Gasteiger partial charge in [-0.1, -0.05) is 18.2 Å². The van der Waals surface area contributed by atoms with Crippen molar-refractivity contribution < 1.29 is 14.3 Å². The molecule has 7 heteroatoms. The molecule has 0 aliphatic carbocycles. The summed E-state index contributed by atoms with van der Waals surface area (Å²) in [5.41, 5.74) is 0.877. The fourth-order valence-electron chi connectivity index (χ4n) is 2.74. The number of benzene rings is 2. The monoisotopic (exact) mass is 353 g/mol. The van der Waals surface area contributed by atoms with Crippen LogP contribution in [-0.2, 0) is 11.3 Å². The third kappa shape index (κ3) is 3.37. The fraction of sp³-hybridized carbons (Fsp3) is 0.211. The van der Waals surface area contributed by atoms with E-state index in [1.54, 1.807) is 37.4 Å². The molecule has 1 heterocycles. The summed E-state index contributed by atoms with van der Waals surface area (Å²) in [5.74, 6) is 0.702. The van der Waals surface area contributed by atoms with Gasteiger partial charge in [0.05, 0.1) is 31.0 Å². The number of aryl methyl sites for hydroxylation is 1. The van der Waals surface area contributed by atoms with Crippen molar-refractivity contribution in [3.63, 3.8) is 0 Å². The molecule has 7 nitrogen and oxygen atoms in total. The maximum Gasteiger partial charge on any atom is 0.275 e. The first-order chi connectivity index (χ1) is 12.5. The summed E-state index contributed by atoms with van der Waals surface area (Å²) in [6.45, 7) is 1.61. The van der Waals surface area contributed by atoms with Gasteiger partial charge in [-0.25, -0.2) is 4.68 Å². The number of nitrogens with zero attached hydrogens (tertiary/aromatic N) is 2. The van der Waals surface area contributed by atoms with Crippen molar-refractivity contribution in [2.75, 3.05) is 19.5 Å². The van der Waals surface area contributed by atoms with E-state index in [-0.39, 0.29) is 18.0 Å². The Hall–Kier alpha value is -3.35. The van der Waals surface area contributed by atoms with Crippen LogP contribution in [0.2, 0.25) is 0 Å². The summed E-state index contributed by atoms with van der Waals surface area (Å²) in [6.07, 6.45) is 0. The summed E-state index contributed by atoms with van der Waals surface area (Å²) in [5, 5.41) is 8.30. The summed E-state index contributed by atoms with van der Waals surface area (Å²) in [7, 11) is 3.05. The van der Waals surface area contributed by atoms with Crippen LogP contribution in [0.3, 0.4) is 0 Å². The zero-order chi connectivity index (χ0) is 18.7. The highest BCUT2D eigenvalue weighted by atomic mass is 16.5. The number of amides is 1. The maximum absolute atomic E-state index is 12.6. The van der Waals surface area contributed by atoms with Crippen LogP contribution >= 0.6 is 0 Å². The second kappa shape index (κ2) is 7.26. The molecular formula is C19H19N3O4. The van der Waals surface area contributed by atoms with Gasteiger partial charge in [-0.2, -0.15) is 5.10 Å². The minimum absolute atomic E-state index is 0.195. The van der Waals surface area contributed by atoms with Gasteiger partial charge in [-0.15, -0.1) is 0 Å². The van der Waals surface area contributed by atoms with E-state index in [1.165, 1.54) is 11.8 Å². The molecule has 3 aromatic rings. The van der Waals surface area contributed by atoms with Crippen LogP contribution in [0.15, 0.2) is 47.3 Å². The third-order valence-electron chi connectivity index (χ3n) is 4.03. The van der Waals surface area contributed by atoms with Gasteiger partial charge in [0.1, 0.15) is 18.0 Å². The maximum atomic E-state index is 12.6. The fourth-order valence-corrected chi connectivity index (χ4v) is 2.74. The van der Waals surface area contributed by atoms with Gasteiger partial charge >= 0.3 is 0 Å². The highest BCUT2D eigenvalue weighted by Gasteiger charge is 2.13. The number of methoxy groups -OCH3 is 2. The van der Waals surface area contributed by atoms with Crippen molar-refractivity contribution in [3.05, 3.63) is 58.5 Å². The quantitative estimate of drug-likeness (QED) is 0.761. The molecule has 3 rings (SSSR count). The minimum Gasteiger partial charge on any atom is -0.497 e. The van der Waals surface area contributed by atoms with Crippen LogP contribution in [0, 0.1) is 6.92 Å². The van der Waals surface area contributed by atoms with Gasteiger partial charge in [0.15, 0.2) is 0 Å². The van der Waals surface area contributed by atoms with Crippen LogP contribution in [0.5, 0.6) is 11.5 Å². The van der Waals surface area contributed by atoms with E-state index in [0.29, 0.717) is 28.3 Å². The molecular weight excluding hydrogens is 334 g/mol. The number of anilines is 1. The second-order valence-corrected chi connectivity index (χ2v) is 5.71.